The van der Waals surface area contributed by atoms with Crippen molar-refractivity contribution in [2.24, 2.45) is 0 Å². The summed E-state index contributed by atoms with van der Waals surface area (Å²) in [5.74, 6) is 1.51. The molecule has 26 heavy (non-hydrogen) atoms. The molecule has 0 radical (unpaired) electrons. The molecule has 0 atom stereocenters. The SMILES string of the molecule is CCCCOc1cc2nccc(Oc3ccc(C)cc3F)c2cc1OC. The van der Waals surface area contributed by atoms with Crippen LogP contribution in [0, 0.1) is 12.7 Å². The van der Waals surface area contributed by atoms with Crippen molar-refractivity contribution in [3.8, 4) is 23.0 Å². The van der Waals surface area contributed by atoms with Gasteiger partial charge in [0.15, 0.2) is 23.1 Å². The molecule has 0 N–H and O–H groups in total. The van der Waals surface area contributed by atoms with Crippen molar-refractivity contribution in [2.75, 3.05) is 13.7 Å². The van der Waals surface area contributed by atoms with Gasteiger partial charge in [0.25, 0.3) is 0 Å². The predicted octanol–water partition coefficient (Wildman–Crippen LogP) is 5.66. The van der Waals surface area contributed by atoms with Crippen molar-refractivity contribution >= 4 is 10.9 Å². The number of methoxy groups -OCH3 is 1. The Bertz CT molecular complexity index is 911. The first-order valence-corrected chi connectivity index (χ1v) is 8.66. The molecule has 0 aliphatic heterocycles. The van der Waals surface area contributed by atoms with Crippen LogP contribution in [0.3, 0.4) is 0 Å². The van der Waals surface area contributed by atoms with Crippen LogP contribution in [0.25, 0.3) is 10.9 Å². The molecule has 3 aromatic rings. The van der Waals surface area contributed by atoms with Crippen molar-refractivity contribution in [3.63, 3.8) is 0 Å². The van der Waals surface area contributed by atoms with Crippen LogP contribution >= 0.6 is 0 Å². The normalized spacial score (nSPS) is 10.8. The molecule has 0 spiro atoms. The Labute approximate surface area is 152 Å². The molecule has 1 aromatic heterocycles. The summed E-state index contributed by atoms with van der Waals surface area (Å²) in [6.07, 6.45) is 3.64. The fraction of sp³-hybridized carbons (Fsp3) is 0.286. The molecule has 0 fully saturated rings. The number of halogens is 1. The lowest BCUT2D eigenvalue weighted by Crippen LogP contribution is -1.99. The van der Waals surface area contributed by atoms with E-state index in [-0.39, 0.29) is 5.75 Å². The number of hydrogen-bond donors (Lipinski definition) is 0. The number of fused-ring (bicyclic) bond motifs is 1. The van der Waals surface area contributed by atoms with Gasteiger partial charge in [-0.1, -0.05) is 19.4 Å². The van der Waals surface area contributed by atoms with Crippen LogP contribution < -0.4 is 14.2 Å². The summed E-state index contributed by atoms with van der Waals surface area (Å²) in [6.45, 7) is 4.55. The Morgan fingerprint density at radius 2 is 1.85 bits per heavy atom. The second-order valence-corrected chi connectivity index (χ2v) is 6.07. The van der Waals surface area contributed by atoms with E-state index in [1.54, 1.807) is 25.4 Å². The van der Waals surface area contributed by atoms with E-state index < -0.39 is 5.82 Å². The largest absolute Gasteiger partial charge is 0.493 e. The van der Waals surface area contributed by atoms with Gasteiger partial charge in [0.05, 0.1) is 19.2 Å². The van der Waals surface area contributed by atoms with Gasteiger partial charge in [-0.05, 0) is 43.2 Å². The van der Waals surface area contributed by atoms with Crippen LogP contribution in [-0.2, 0) is 0 Å². The minimum atomic E-state index is -0.401. The van der Waals surface area contributed by atoms with Gasteiger partial charge in [-0.2, -0.15) is 0 Å². The van der Waals surface area contributed by atoms with E-state index in [1.807, 2.05) is 25.1 Å². The first-order valence-electron chi connectivity index (χ1n) is 8.66. The first-order chi connectivity index (χ1) is 12.6. The van der Waals surface area contributed by atoms with Crippen molar-refractivity contribution in [1.82, 2.24) is 4.98 Å². The highest BCUT2D eigenvalue weighted by atomic mass is 19.1. The summed E-state index contributed by atoms with van der Waals surface area (Å²) >= 11 is 0. The number of benzene rings is 2. The highest BCUT2D eigenvalue weighted by Gasteiger charge is 2.13. The standard InChI is InChI=1S/C21H22FNO3/c1-4-5-10-25-21-13-17-15(12-20(21)24-3)18(8-9-23-17)26-19-7-6-14(2)11-16(19)22/h6-9,11-13H,4-5,10H2,1-3H3. The second-order valence-electron chi connectivity index (χ2n) is 6.07. The Balaban J connectivity index is 1.98. The monoisotopic (exact) mass is 355 g/mol. The lowest BCUT2D eigenvalue weighted by Gasteiger charge is -2.14. The minimum absolute atomic E-state index is 0.172. The number of ether oxygens (including phenoxy) is 3. The number of pyridine rings is 1. The van der Waals surface area contributed by atoms with Crippen LogP contribution in [0.1, 0.15) is 25.3 Å². The molecular weight excluding hydrogens is 333 g/mol. The molecule has 1 heterocycles. The summed E-state index contributed by atoms with van der Waals surface area (Å²) in [7, 11) is 1.59. The number of aryl methyl sites for hydroxylation is 1. The van der Waals surface area contributed by atoms with Gasteiger partial charge in [0.2, 0.25) is 0 Å². The predicted molar refractivity (Wildman–Crippen MR) is 99.9 cm³/mol. The first kappa shape index (κ1) is 18.0. The number of rotatable bonds is 7. The Morgan fingerprint density at radius 1 is 1.00 bits per heavy atom. The van der Waals surface area contributed by atoms with E-state index in [1.165, 1.54) is 6.07 Å². The molecular formula is C21H22FNO3. The molecule has 0 aliphatic carbocycles. The fourth-order valence-corrected chi connectivity index (χ4v) is 2.62. The molecule has 4 nitrogen and oxygen atoms in total. The van der Waals surface area contributed by atoms with E-state index >= 15 is 0 Å². The average Bonchev–Trinajstić information content (AvgIpc) is 2.64. The average molecular weight is 355 g/mol. The van der Waals surface area contributed by atoms with Crippen LogP contribution in [0.2, 0.25) is 0 Å². The van der Waals surface area contributed by atoms with Gasteiger partial charge in [0, 0.05) is 17.6 Å². The van der Waals surface area contributed by atoms with Gasteiger partial charge in [-0.15, -0.1) is 0 Å². The molecule has 0 amide bonds. The molecule has 2 aromatic carbocycles. The highest BCUT2D eigenvalue weighted by Crippen LogP contribution is 2.37. The maximum absolute atomic E-state index is 14.1. The third kappa shape index (κ3) is 3.87. The Morgan fingerprint density at radius 3 is 2.58 bits per heavy atom. The topological polar surface area (TPSA) is 40.6 Å². The Kier molecular flexibility index (Phi) is 5.56. The molecule has 0 unspecified atom stereocenters. The van der Waals surface area contributed by atoms with Crippen LogP contribution in [0.4, 0.5) is 4.39 Å². The van der Waals surface area contributed by atoms with E-state index in [9.17, 15) is 4.39 Å². The maximum atomic E-state index is 14.1. The minimum Gasteiger partial charge on any atom is -0.493 e. The third-order valence-electron chi connectivity index (χ3n) is 4.05. The lowest BCUT2D eigenvalue weighted by molar-refractivity contribution is 0.289. The molecule has 3 rings (SSSR count). The zero-order chi connectivity index (χ0) is 18.5. The summed E-state index contributed by atoms with van der Waals surface area (Å²) in [6, 6.07) is 10.2. The van der Waals surface area contributed by atoms with Crippen molar-refractivity contribution in [3.05, 3.63) is 54.0 Å². The number of hydrogen-bond acceptors (Lipinski definition) is 4. The van der Waals surface area contributed by atoms with Gasteiger partial charge in [-0.25, -0.2) is 4.39 Å². The van der Waals surface area contributed by atoms with Crippen molar-refractivity contribution < 1.29 is 18.6 Å². The number of nitrogens with zero attached hydrogens (tertiary/aromatic N) is 1. The van der Waals surface area contributed by atoms with E-state index in [4.69, 9.17) is 14.2 Å². The molecule has 0 aliphatic rings. The fourth-order valence-electron chi connectivity index (χ4n) is 2.62. The van der Waals surface area contributed by atoms with Gasteiger partial charge < -0.3 is 14.2 Å². The summed E-state index contributed by atoms with van der Waals surface area (Å²) < 4.78 is 31.2. The zero-order valence-electron chi connectivity index (χ0n) is 15.2. The quantitative estimate of drug-likeness (QED) is 0.513. The number of aromatic nitrogens is 1. The lowest BCUT2D eigenvalue weighted by atomic mass is 10.1. The van der Waals surface area contributed by atoms with E-state index in [0.29, 0.717) is 29.4 Å². The molecule has 0 saturated carbocycles. The summed E-state index contributed by atoms with van der Waals surface area (Å²) in [5, 5.41) is 0.729. The van der Waals surface area contributed by atoms with Crippen molar-refractivity contribution in [2.45, 2.75) is 26.7 Å². The van der Waals surface area contributed by atoms with Gasteiger partial charge >= 0.3 is 0 Å². The van der Waals surface area contributed by atoms with Gasteiger partial charge in [0.1, 0.15) is 5.75 Å². The van der Waals surface area contributed by atoms with Crippen molar-refractivity contribution in [1.29, 1.82) is 0 Å². The zero-order valence-corrected chi connectivity index (χ0v) is 15.2. The van der Waals surface area contributed by atoms with E-state index in [2.05, 4.69) is 11.9 Å². The molecule has 0 bridgehead atoms. The van der Waals surface area contributed by atoms with E-state index in [0.717, 1.165) is 23.8 Å². The third-order valence-corrected chi connectivity index (χ3v) is 4.05. The molecule has 136 valence electrons. The summed E-state index contributed by atoms with van der Waals surface area (Å²) in [5.41, 5.74) is 1.53. The van der Waals surface area contributed by atoms with Gasteiger partial charge in [-0.3, -0.25) is 4.98 Å². The maximum Gasteiger partial charge on any atom is 0.165 e. The second kappa shape index (κ2) is 8.04. The van der Waals surface area contributed by atoms with Crippen LogP contribution in [-0.4, -0.2) is 18.7 Å². The molecule has 5 heteroatoms. The Hall–Kier alpha value is -2.82. The number of unbranched alkanes of at least 4 members (excludes halogenated alkanes) is 1. The highest BCUT2D eigenvalue weighted by molar-refractivity contribution is 5.88. The molecule has 0 saturated heterocycles. The summed E-state index contributed by atoms with van der Waals surface area (Å²) in [4.78, 5) is 4.38. The van der Waals surface area contributed by atoms with Crippen LogP contribution in [0.5, 0.6) is 23.0 Å². The smallest absolute Gasteiger partial charge is 0.165 e. The van der Waals surface area contributed by atoms with Crippen LogP contribution in [0.15, 0.2) is 42.6 Å².